The molecule has 0 atom stereocenters. The molecule has 1 aromatic heterocycles. The average molecular weight is 442 g/mol. The average Bonchev–Trinajstić information content (AvgIpc) is 2.72. The fourth-order valence-electron chi connectivity index (χ4n) is 4.33. The molecule has 1 heterocycles. The molecule has 0 saturated heterocycles. The molecule has 4 rings (SSSR count). The maximum Gasteiger partial charge on any atom is 0.345 e. The van der Waals surface area contributed by atoms with Crippen LogP contribution in [0.4, 0.5) is 0 Å². The first kappa shape index (κ1) is 22.3. The molecular formula is C27H27N3O3. The molecule has 6 nitrogen and oxygen atoms in total. The third-order valence-corrected chi connectivity index (χ3v) is 5.93. The zero-order valence-corrected chi connectivity index (χ0v) is 19.8. The van der Waals surface area contributed by atoms with E-state index in [1.165, 1.54) is 0 Å². The van der Waals surface area contributed by atoms with Crippen LogP contribution in [0.1, 0.15) is 33.4 Å². The number of benzene rings is 3. The Kier molecular flexibility index (Phi) is 5.54. The van der Waals surface area contributed by atoms with Crippen LogP contribution in [0.2, 0.25) is 0 Å². The zero-order chi connectivity index (χ0) is 24.0. The topological polar surface area (TPSA) is 66.0 Å². The fourth-order valence-corrected chi connectivity index (χ4v) is 4.33. The Balaban J connectivity index is 2.22. The SMILES string of the molecule is Cc1ccc(-n2c(=O)n(-c3ccc(C)cc3C)c(=O)n(-c3ccc(C)cc3C)c2=O)c(C)c1. The van der Waals surface area contributed by atoms with E-state index < -0.39 is 17.1 Å². The van der Waals surface area contributed by atoms with E-state index in [0.717, 1.165) is 47.1 Å². The lowest BCUT2D eigenvalue weighted by Crippen LogP contribution is -2.53. The Morgan fingerprint density at radius 2 is 0.667 bits per heavy atom. The van der Waals surface area contributed by atoms with Crippen LogP contribution in [0.3, 0.4) is 0 Å². The van der Waals surface area contributed by atoms with Gasteiger partial charge in [-0.3, -0.25) is 0 Å². The first-order chi connectivity index (χ1) is 15.6. The van der Waals surface area contributed by atoms with Crippen LogP contribution in [0, 0.1) is 41.5 Å². The molecule has 0 unspecified atom stereocenters. The molecule has 0 spiro atoms. The van der Waals surface area contributed by atoms with Gasteiger partial charge in [0.25, 0.3) is 0 Å². The van der Waals surface area contributed by atoms with Crippen LogP contribution in [-0.4, -0.2) is 13.7 Å². The maximum absolute atomic E-state index is 13.7. The maximum atomic E-state index is 13.7. The Morgan fingerprint density at radius 3 is 0.879 bits per heavy atom. The Morgan fingerprint density at radius 1 is 0.424 bits per heavy atom. The number of nitrogens with zero attached hydrogens (tertiary/aromatic N) is 3. The molecule has 3 aromatic carbocycles. The second-order valence-corrected chi connectivity index (χ2v) is 8.72. The van der Waals surface area contributed by atoms with E-state index >= 15 is 0 Å². The van der Waals surface area contributed by atoms with Crippen LogP contribution in [0.25, 0.3) is 17.1 Å². The number of rotatable bonds is 3. The van der Waals surface area contributed by atoms with Crippen molar-refractivity contribution < 1.29 is 0 Å². The summed E-state index contributed by atoms with van der Waals surface area (Å²) in [5.41, 5.74) is 4.64. The van der Waals surface area contributed by atoms with Gasteiger partial charge in [-0.2, -0.15) is 0 Å². The predicted octanol–water partition coefficient (Wildman–Crippen LogP) is 3.99. The van der Waals surface area contributed by atoms with Crippen molar-refractivity contribution in [1.82, 2.24) is 13.7 Å². The van der Waals surface area contributed by atoms with Gasteiger partial charge in [-0.1, -0.05) is 53.1 Å². The molecule has 0 bridgehead atoms. The molecule has 0 N–H and O–H groups in total. The smallest absolute Gasteiger partial charge is 0.246 e. The van der Waals surface area contributed by atoms with E-state index in [9.17, 15) is 14.4 Å². The molecule has 0 radical (unpaired) electrons. The van der Waals surface area contributed by atoms with Crippen LogP contribution in [0.15, 0.2) is 69.0 Å². The van der Waals surface area contributed by atoms with Crippen molar-refractivity contribution in [3.63, 3.8) is 0 Å². The molecule has 0 aliphatic rings. The third-order valence-electron chi connectivity index (χ3n) is 5.93. The molecule has 0 amide bonds. The van der Waals surface area contributed by atoms with Crippen molar-refractivity contribution >= 4 is 0 Å². The molecule has 6 heteroatoms. The highest BCUT2D eigenvalue weighted by molar-refractivity contribution is 5.47. The quantitative estimate of drug-likeness (QED) is 0.483. The summed E-state index contributed by atoms with van der Waals surface area (Å²) < 4.78 is 3.28. The van der Waals surface area contributed by atoms with Crippen LogP contribution < -0.4 is 17.1 Å². The summed E-state index contributed by atoms with van der Waals surface area (Å²) in [7, 11) is 0. The van der Waals surface area contributed by atoms with E-state index in [2.05, 4.69) is 0 Å². The molecule has 0 fully saturated rings. The van der Waals surface area contributed by atoms with E-state index in [1.54, 1.807) is 18.2 Å². The van der Waals surface area contributed by atoms with E-state index in [1.807, 2.05) is 77.9 Å². The first-order valence-electron chi connectivity index (χ1n) is 10.8. The summed E-state index contributed by atoms with van der Waals surface area (Å²) in [4.78, 5) is 41.2. The summed E-state index contributed by atoms with van der Waals surface area (Å²) in [6, 6.07) is 16.5. The van der Waals surface area contributed by atoms with Gasteiger partial charge in [0.15, 0.2) is 0 Å². The summed E-state index contributed by atoms with van der Waals surface area (Å²) in [5.74, 6) is 0. The molecule has 0 saturated carbocycles. The lowest BCUT2D eigenvalue weighted by atomic mass is 10.1. The molecule has 168 valence electrons. The van der Waals surface area contributed by atoms with Crippen LogP contribution in [-0.2, 0) is 0 Å². The minimum atomic E-state index is -0.690. The van der Waals surface area contributed by atoms with Gasteiger partial charge in [0.2, 0.25) is 0 Å². The van der Waals surface area contributed by atoms with Gasteiger partial charge in [-0.05, 0) is 76.4 Å². The van der Waals surface area contributed by atoms with Crippen molar-refractivity contribution in [2.24, 2.45) is 0 Å². The van der Waals surface area contributed by atoms with Gasteiger partial charge in [0.1, 0.15) is 0 Å². The van der Waals surface area contributed by atoms with E-state index in [0.29, 0.717) is 17.1 Å². The monoisotopic (exact) mass is 441 g/mol. The van der Waals surface area contributed by atoms with Crippen molar-refractivity contribution in [1.29, 1.82) is 0 Å². The number of aryl methyl sites for hydroxylation is 6. The third kappa shape index (κ3) is 3.78. The molecule has 33 heavy (non-hydrogen) atoms. The van der Waals surface area contributed by atoms with Gasteiger partial charge in [-0.15, -0.1) is 0 Å². The second kappa shape index (κ2) is 8.20. The number of hydrogen-bond donors (Lipinski definition) is 0. The van der Waals surface area contributed by atoms with Gasteiger partial charge < -0.3 is 0 Å². The minimum Gasteiger partial charge on any atom is -0.246 e. The lowest BCUT2D eigenvalue weighted by Gasteiger charge is -2.18. The first-order valence-corrected chi connectivity index (χ1v) is 10.8. The summed E-state index contributed by atoms with van der Waals surface area (Å²) >= 11 is 0. The van der Waals surface area contributed by atoms with Crippen LogP contribution >= 0.6 is 0 Å². The van der Waals surface area contributed by atoms with Gasteiger partial charge in [-0.25, -0.2) is 28.1 Å². The van der Waals surface area contributed by atoms with Crippen molar-refractivity contribution in [2.75, 3.05) is 0 Å². The lowest BCUT2D eigenvalue weighted by molar-refractivity contribution is 0.655. The van der Waals surface area contributed by atoms with Crippen molar-refractivity contribution in [3.05, 3.63) is 119 Å². The summed E-state index contributed by atoms with van der Waals surface area (Å²) in [5, 5.41) is 0. The zero-order valence-electron chi connectivity index (χ0n) is 19.8. The van der Waals surface area contributed by atoms with Crippen molar-refractivity contribution in [3.8, 4) is 17.1 Å². The Bertz CT molecular complexity index is 1370. The summed E-state index contributed by atoms with van der Waals surface area (Å²) in [6.07, 6.45) is 0. The van der Waals surface area contributed by atoms with Gasteiger partial charge in [0, 0.05) is 0 Å². The van der Waals surface area contributed by atoms with E-state index in [-0.39, 0.29) is 0 Å². The number of hydrogen-bond acceptors (Lipinski definition) is 3. The molecule has 0 aliphatic heterocycles. The standard InChI is InChI=1S/C27H27N3O3/c1-16-7-10-22(19(4)13-16)28-25(31)29(23-11-8-17(2)14-20(23)5)27(33)30(26(28)32)24-12-9-18(3)15-21(24)6/h7-15H,1-6H3. The minimum absolute atomic E-state index is 0.452. The van der Waals surface area contributed by atoms with Gasteiger partial charge >= 0.3 is 17.1 Å². The molecule has 4 aromatic rings. The Hall–Kier alpha value is -3.93. The van der Waals surface area contributed by atoms with Crippen LogP contribution in [0.5, 0.6) is 0 Å². The van der Waals surface area contributed by atoms with E-state index in [4.69, 9.17) is 0 Å². The molecule has 0 aliphatic carbocycles. The largest absolute Gasteiger partial charge is 0.345 e. The predicted molar refractivity (Wildman–Crippen MR) is 132 cm³/mol. The van der Waals surface area contributed by atoms with Crippen molar-refractivity contribution in [2.45, 2.75) is 41.5 Å². The normalized spacial score (nSPS) is 11.1. The Labute approximate surface area is 192 Å². The second-order valence-electron chi connectivity index (χ2n) is 8.72. The van der Waals surface area contributed by atoms with Gasteiger partial charge in [0.05, 0.1) is 17.1 Å². The fraction of sp³-hybridized carbons (Fsp3) is 0.222. The highest BCUT2D eigenvalue weighted by atomic mass is 16.2. The highest BCUT2D eigenvalue weighted by Crippen LogP contribution is 2.17. The summed E-state index contributed by atoms with van der Waals surface area (Å²) in [6.45, 7) is 11.4. The molecular weight excluding hydrogens is 414 g/mol. The number of aromatic nitrogens is 3. The highest BCUT2D eigenvalue weighted by Gasteiger charge is 2.22.